The maximum atomic E-state index is 11.1. The Labute approximate surface area is 153 Å². The van der Waals surface area contributed by atoms with Crippen LogP contribution in [0.5, 0.6) is 5.75 Å². The van der Waals surface area contributed by atoms with Crippen LogP contribution in [0.1, 0.15) is 97.8 Å². The summed E-state index contributed by atoms with van der Waals surface area (Å²) in [6.45, 7) is 17.9. The van der Waals surface area contributed by atoms with Crippen LogP contribution in [0.25, 0.3) is 0 Å². The first-order chi connectivity index (χ1) is 10.9. The Morgan fingerprint density at radius 1 is 1.00 bits per heavy atom. The second-order valence-corrected chi connectivity index (χ2v) is 11.1. The van der Waals surface area contributed by atoms with E-state index < -0.39 is 0 Å². The quantitative estimate of drug-likeness (QED) is 0.633. The van der Waals surface area contributed by atoms with Crippen LogP contribution < -0.4 is 0 Å². The minimum absolute atomic E-state index is 0.0372. The molecule has 0 atom stereocenters. The van der Waals surface area contributed by atoms with Crippen molar-refractivity contribution in [3.63, 3.8) is 0 Å². The number of benzene rings is 1. The standard InChI is InChI=1S/C22H36OS/c1-9-11-22(12-10-2)14-15-17(24-22)13-16(20(3,4)5)19(23)18(15)21(6,7)8/h13,23H,9-12,14H2,1-8H3. The lowest BCUT2D eigenvalue weighted by atomic mass is 9.75. The average Bonchev–Trinajstić information content (AvgIpc) is 2.73. The normalized spacial score (nSPS) is 17.2. The molecule has 1 aliphatic rings. The van der Waals surface area contributed by atoms with Gasteiger partial charge in [-0.15, -0.1) is 11.8 Å². The van der Waals surface area contributed by atoms with E-state index in [1.807, 2.05) is 0 Å². The van der Waals surface area contributed by atoms with E-state index in [1.165, 1.54) is 41.7 Å². The molecule has 0 fully saturated rings. The largest absolute Gasteiger partial charge is 0.507 e. The fourth-order valence-corrected chi connectivity index (χ4v) is 6.01. The second-order valence-electron chi connectivity index (χ2n) is 9.59. The van der Waals surface area contributed by atoms with Crippen LogP contribution >= 0.6 is 11.8 Å². The number of thioether (sulfide) groups is 1. The van der Waals surface area contributed by atoms with Gasteiger partial charge >= 0.3 is 0 Å². The van der Waals surface area contributed by atoms with Crippen molar-refractivity contribution >= 4 is 11.8 Å². The van der Waals surface area contributed by atoms with Crippen LogP contribution in [-0.2, 0) is 17.3 Å². The van der Waals surface area contributed by atoms with E-state index in [4.69, 9.17) is 0 Å². The maximum absolute atomic E-state index is 11.1. The van der Waals surface area contributed by atoms with E-state index in [0.717, 1.165) is 12.0 Å². The molecule has 0 aromatic heterocycles. The summed E-state index contributed by atoms with van der Waals surface area (Å²) in [5, 5.41) is 11.1. The number of hydrogen-bond acceptors (Lipinski definition) is 2. The van der Waals surface area contributed by atoms with Gasteiger partial charge in [-0.1, -0.05) is 68.2 Å². The molecule has 136 valence electrons. The molecule has 0 radical (unpaired) electrons. The average molecular weight is 349 g/mol. The van der Waals surface area contributed by atoms with E-state index in [-0.39, 0.29) is 10.8 Å². The third-order valence-corrected chi connectivity index (χ3v) is 6.73. The molecule has 0 aliphatic carbocycles. The first-order valence-electron chi connectivity index (χ1n) is 9.54. The first kappa shape index (κ1) is 19.7. The van der Waals surface area contributed by atoms with E-state index in [9.17, 15) is 5.11 Å². The van der Waals surface area contributed by atoms with Gasteiger partial charge in [0.05, 0.1) is 0 Å². The number of phenols is 1. The van der Waals surface area contributed by atoms with Gasteiger partial charge in [0.25, 0.3) is 0 Å². The third-order valence-electron chi connectivity index (χ3n) is 5.16. The number of hydrogen-bond donors (Lipinski definition) is 1. The minimum Gasteiger partial charge on any atom is -0.507 e. The molecule has 1 heterocycles. The zero-order valence-electron chi connectivity index (χ0n) is 17.0. The van der Waals surface area contributed by atoms with Gasteiger partial charge in [-0.2, -0.15) is 0 Å². The van der Waals surface area contributed by atoms with Crippen LogP contribution in [0.4, 0.5) is 0 Å². The molecule has 0 spiro atoms. The smallest absolute Gasteiger partial charge is 0.123 e. The lowest BCUT2D eigenvalue weighted by Crippen LogP contribution is -2.25. The van der Waals surface area contributed by atoms with E-state index in [0.29, 0.717) is 10.5 Å². The Morgan fingerprint density at radius 2 is 1.54 bits per heavy atom. The summed E-state index contributed by atoms with van der Waals surface area (Å²) in [7, 11) is 0. The Hall–Kier alpha value is -0.630. The molecule has 1 nitrogen and oxygen atoms in total. The van der Waals surface area contributed by atoms with Crippen LogP contribution in [0.3, 0.4) is 0 Å². The van der Waals surface area contributed by atoms with Gasteiger partial charge in [0.1, 0.15) is 5.75 Å². The van der Waals surface area contributed by atoms with Crippen LogP contribution in [0.15, 0.2) is 11.0 Å². The van der Waals surface area contributed by atoms with Gasteiger partial charge < -0.3 is 5.11 Å². The molecule has 0 saturated carbocycles. The zero-order chi connectivity index (χ0) is 18.3. The lowest BCUT2D eigenvalue weighted by Gasteiger charge is -2.30. The summed E-state index contributed by atoms with van der Waals surface area (Å²) in [5.41, 5.74) is 3.62. The molecule has 0 amide bonds. The molecule has 0 unspecified atom stereocenters. The van der Waals surface area contributed by atoms with E-state index in [2.05, 4.69) is 73.2 Å². The Kier molecular flexibility index (Phi) is 5.41. The van der Waals surface area contributed by atoms with Crippen molar-refractivity contribution < 1.29 is 5.11 Å². The summed E-state index contributed by atoms with van der Waals surface area (Å²) < 4.78 is 0.328. The number of rotatable bonds is 4. The van der Waals surface area contributed by atoms with Gasteiger partial charge in [-0.25, -0.2) is 0 Å². The first-order valence-corrected chi connectivity index (χ1v) is 10.4. The molecular formula is C22H36OS. The van der Waals surface area contributed by atoms with Gasteiger partial charge in [0.2, 0.25) is 0 Å². The molecule has 1 aliphatic heterocycles. The highest BCUT2D eigenvalue weighted by atomic mass is 32.2. The maximum Gasteiger partial charge on any atom is 0.123 e. The SMILES string of the molecule is CCCC1(CCC)Cc2c(cc(C(C)(C)C)c(O)c2C(C)(C)C)S1. The van der Waals surface area contributed by atoms with Crippen LogP contribution in [-0.4, -0.2) is 9.85 Å². The summed E-state index contributed by atoms with van der Waals surface area (Å²) >= 11 is 2.09. The molecule has 1 N–H and O–H groups in total. The second kappa shape index (κ2) is 6.59. The van der Waals surface area contributed by atoms with Crippen molar-refractivity contribution in [3.8, 4) is 5.75 Å². The molecule has 1 aromatic carbocycles. The number of fused-ring (bicyclic) bond motifs is 1. The molecular weight excluding hydrogens is 312 g/mol. The Bertz CT molecular complexity index is 596. The predicted molar refractivity (Wildman–Crippen MR) is 108 cm³/mol. The van der Waals surface area contributed by atoms with Crippen LogP contribution in [0.2, 0.25) is 0 Å². The summed E-state index contributed by atoms with van der Waals surface area (Å²) in [4.78, 5) is 1.42. The molecule has 1 aromatic rings. The fraction of sp³-hybridized carbons (Fsp3) is 0.727. The summed E-state index contributed by atoms with van der Waals surface area (Å²) in [6.07, 6.45) is 6.08. The molecule has 0 saturated heterocycles. The van der Waals surface area contributed by atoms with Crippen molar-refractivity contribution in [2.45, 2.75) is 108 Å². The van der Waals surface area contributed by atoms with Crippen molar-refractivity contribution in [3.05, 3.63) is 22.8 Å². The Morgan fingerprint density at radius 3 is 1.96 bits per heavy atom. The monoisotopic (exact) mass is 348 g/mol. The number of aromatic hydroxyl groups is 1. The highest BCUT2D eigenvalue weighted by Crippen LogP contribution is 2.56. The fourth-order valence-electron chi connectivity index (χ4n) is 4.24. The lowest BCUT2D eigenvalue weighted by molar-refractivity contribution is 0.417. The molecule has 0 bridgehead atoms. The minimum atomic E-state index is -0.0412. The van der Waals surface area contributed by atoms with Crippen molar-refractivity contribution in [1.82, 2.24) is 0 Å². The molecule has 24 heavy (non-hydrogen) atoms. The third kappa shape index (κ3) is 3.64. The zero-order valence-corrected chi connectivity index (χ0v) is 17.8. The van der Waals surface area contributed by atoms with Crippen LogP contribution in [0, 0.1) is 0 Å². The molecule has 2 heteroatoms. The number of phenolic OH excluding ortho intramolecular Hbond substituents is 1. The van der Waals surface area contributed by atoms with Gasteiger partial charge in [0.15, 0.2) is 0 Å². The van der Waals surface area contributed by atoms with E-state index >= 15 is 0 Å². The predicted octanol–water partition coefficient (Wildman–Crippen LogP) is 6.97. The Balaban J connectivity index is 2.66. The van der Waals surface area contributed by atoms with Gasteiger partial charge in [0, 0.05) is 20.8 Å². The molecule has 2 rings (SSSR count). The summed E-state index contributed by atoms with van der Waals surface area (Å²) in [5.74, 6) is 0.540. The highest BCUT2D eigenvalue weighted by Gasteiger charge is 2.41. The highest BCUT2D eigenvalue weighted by molar-refractivity contribution is 8.01. The van der Waals surface area contributed by atoms with E-state index in [1.54, 1.807) is 0 Å². The topological polar surface area (TPSA) is 20.2 Å². The van der Waals surface area contributed by atoms with Crippen molar-refractivity contribution in [2.24, 2.45) is 0 Å². The van der Waals surface area contributed by atoms with Gasteiger partial charge in [-0.3, -0.25) is 0 Å². The van der Waals surface area contributed by atoms with Crippen molar-refractivity contribution in [1.29, 1.82) is 0 Å². The summed E-state index contributed by atoms with van der Waals surface area (Å²) in [6, 6.07) is 2.29. The van der Waals surface area contributed by atoms with Crippen molar-refractivity contribution in [2.75, 3.05) is 0 Å². The van der Waals surface area contributed by atoms with Gasteiger partial charge in [-0.05, 0) is 41.7 Å².